The maximum atomic E-state index is 6.15. The van der Waals surface area contributed by atoms with E-state index < -0.39 is 6.10 Å². The van der Waals surface area contributed by atoms with E-state index in [1.54, 1.807) is 18.2 Å². The maximum Gasteiger partial charge on any atom is 0.277 e. The summed E-state index contributed by atoms with van der Waals surface area (Å²) in [6.07, 6.45) is -0.432. The third-order valence-corrected chi connectivity index (χ3v) is 5.60. The Bertz CT molecular complexity index is 1110. The van der Waals surface area contributed by atoms with Crippen LogP contribution in [0.4, 0.5) is 0 Å². The fourth-order valence-corrected chi connectivity index (χ4v) is 4.04. The van der Waals surface area contributed by atoms with Gasteiger partial charge in [-0.25, -0.2) is 0 Å². The van der Waals surface area contributed by atoms with E-state index in [0.717, 1.165) is 5.75 Å². The summed E-state index contributed by atoms with van der Waals surface area (Å²) in [6.45, 7) is 1.83. The zero-order valence-electron chi connectivity index (χ0n) is 14.9. The van der Waals surface area contributed by atoms with Gasteiger partial charge in [-0.05, 0) is 41.5 Å². The number of ether oxygens (including phenoxy) is 1. The predicted octanol–water partition coefficient (Wildman–Crippen LogP) is 6.96. The van der Waals surface area contributed by atoms with Crippen LogP contribution in [0.15, 0.2) is 70.3 Å². The number of hydrogen-bond acceptors (Lipinski definition) is 5. The van der Waals surface area contributed by atoms with Gasteiger partial charge in [0, 0.05) is 10.8 Å². The molecule has 4 rings (SSSR count). The lowest BCUT2D eigenvalue weighted by atomic mass is 10.1. The smallest absolute Gasteiger partial charge is 0.277 e. The molecule has 0 amide bonds. The van der Waals surface area contributed by atoms with Gasteiger partial charge in [0.15, 0.2) is 6.10 Å². The van der Waals surface area contributed by atoms with Crippen molar-refractivity contribution in [1.82, 2.24) is 10.2 Å². The van der Waals surface area contributed by atoms with Crippen molar-refractivity contribution in [2.24, 2.45) is 0 Å². The standard InChI is InChI=1S/C21H16Cl2N2O2S/c1-13(26-19-10-9-16(22)11-18(19)23)20-24-25-21(27-20)28-12-15-7-4-6-14-5-2-3-8-17(14)15/h2-11,13H,12H2,1H3/t13-/m0/s1. The van der Waals surface area contributed by atoms with Gasteiger partial charge in [-0.15, -0.1) is 10.2 Å². The van der Waals surface area contributed by atoms with E-state index in [9.17, 15) is 0 Å². The van der Waals surface area contributed by atoms with Gasteiger partial charge in [-0.2, -0.15) is 0 Å². The molecule has 0 bridgehead atoms. The van der Waals surface area contributed by atoms with E-state index in [1.165, 1.54) is 28.1 Å². The average Bonchev–Trinajstić information content (AvgIpc) is 3.17. The van der Waals surface area contributed by atoms with E-state index in [2.05, 4.69) is 40.5 Å². The Balaban J connectivity index is 1.44. The Labute approximate surface area is 176 Å². The second-order valence-electron chi connectivity index (χ2n) is 6.17. The molecule has 0 saturated carbocycles. The highest BCUT2D eigenvalue weighted by molar-refractivity contribution is 7.98. The number of aromatic nitrogens is 2. The van der Waals surface area contributed by atoms with Gasteiger partial charge in [0.1, 0.15) is 5.75 Å². The highest BCUT2D eigenvalue weighted by Crippen LogP contribution is 2.32. The van der Waals surface area contributed by atoms with Crippen LogP contribution < -0.4 is 4.74 Å². The summed E-state index contributed by atoms with van der Waals surface area (Å²) in [5.74, 6) is 1.65. The fourth-order valence-electron chi connectivity index (χ4n) is 2.81. The minimum absolute atomic E-state index is 0.395. The molecule has 0 spiro atoms. The molecule has 142 valence electrons. The molecule has 3 aromatic carbocycles. The van der Waals surface area contributed by atoms with Crippen molar-refractivity contribution >= 4 is 45.7 Å². The Kier molecular flexibility index (Phi) is 5.76. The zero-order valence-corrected chi connectivity index (χ0v) is 17.3. The normalized spacial score (nSPS) is 12.2. The Hall–Kier alpha value is -2.21. The van der Waals surface area contributed by atoms with Crippen LogP contribution in [-0.2, 0) is 5.75 Å². The lowest BCUT2D eigenvalue weighted by Crippen LogP contribution is -2.03. The minimum Gasteiger partial charge on any atom is -0.479 e. The first-order chi connectivity index (χ1) is 13.6. The van der Waals surface area contributed by atoms with E-state index >= 15 is 0 Å². The molecule has 0 aliphatic heterocycles. The Morgan fingerprint density at radius 1 is 1.04 bits per heavy atom. The van der Waals surface area contributed by atoms with Crippen LogP contribution in [0.2, 0.25) is 10.0 Å². The van der Waals surface area contributed by atoms with E-state index in [4.69, 9.17) is 32.4 Å². The largest absolute Gasteiger partial charge is 0.479 e. The first-order valence-corrected chi connectivity index (χ1v) is 10.4. The van der Waals surface area contributed by atoms with Crippen molar-refractivity contribution in [2.75, 3.05) is 0 Å². The topological polar surface area (TPSA) is 48.2 Å². The minimum atomic E-state index is -0.432. The summed E-state index contributed by atoms with van der Waals surface area (Å²) < 4.78 is 11.6. The highest BCUT2D eigenvalue weighted by Gasteiger charge is 2.17. The third kappa shape index (κ3) is 4.27. The Morgan fingerprint density at radius 2 is 1.86 bits per heavy atom. The summed E-state index contributed by atoms with van der Waals surface area (Å²) in [6, 6.07) is 19.7. The van der Waals surface area contributed by atoms with Crippen LogP contribution >= 0.6 is 35.0 Å². The fraction of sp³-hybridized carbons (Fsp3) is 0.143. The zero-order chi connectivity index (χ0) is 19.5. The van der Waals surface area contributed by atoms with E-state index in [0.29, 0.717) is 26.9 Å². The van der Waals surface area contributed by atoms with Gasteiger partial charge < -0.3 is 9.15 Å². The molecule has 0 aliphatic rings. The third-order valence-electron chi connectivity index (χ3n) is 4.20. The first-order valence-electron chi connectivity index (χ1n) is 8.65. The molecule has 0 aliphatic carbocycles. The van der Waals surface area contributed by atoms with E-state index in [1.807, 2.05) is 19.1 Å². The lowest BCUT2D eigenvalue weighted by molar-refractivity contribution is 0.182. The number of fused-ring (bicyclic) bond motifs is 1. The second-order valence-corrected chi connectivity index (χ2v) is 7.94. The van der Waals surface area contributed by atoms with Crippen LogP contribution in [0.3, 0.4) is 0 Å². The monoisotopic (exact) mass is 430 g/mol. The van der Waals surface area contributed by atoms with Crippen LogP contribution in [-0.4, -0.2) is 10.2 Å². The first kappa shape index (κ1) is 19.1. The van der Waals surface area contributed by atoms with Crippen molar-refractivity contribution in [3.8, 4) is 5.75 Å². The van der Waals surface area contributed by atoms with Crippen LogP contribution in [0.25, 0.3) is 10.8 Å². The maximum absolute atomic E-state index is 6.15. The van der Waals surface area contributed by atoms with Gasteiger partial charge in [0.25, 0.3) is 11.1 Å². The predicted molar refractivity (Wildman–Crippen MR) is 113 cm³/mol. The lowest BCUT2D eigenvalue weighted by Gasteiger charge is -2.12. The molecule has 28 heavy (non-hydrogen) atoms. The van der Waals surface area contributed by atoms with Crippen LogP contribution in [0.1, 0.15) is 24.5 Å². The van der Waals surface area contributed by atoms with Gasteiger partial charge in [0.05, 0.1) is 5.02 Å². The molecule has 1 atom stereocenters. The van der Waals surface area contributed by atoms with Crippen molar-refractivity contribution < 1.29 is 9.15 Å². The SMILES string of the molecule is C[C@H](Oc1ccc(Cl)cc1Cl)c1nnc(SCc2cccc3ccccc23)o1. The number of nitrogens with zero attached hydrogens (tertiary/aromatic N) is 2. The highest BCUT2D eigenvalue weighted by atomic mass is 35.5. The molecule has 0 radical (unpaired) electrons. The molecule has 4 nitrogen and oxygen atoms in total. The summed E-state index contributed by atoms with van der Waals surface area (Å²) >= 11 is 13.6. The molecule has 0 saturated heterocycles. The van der Waals surface area contributed by atoms with Crippen molar-refractivity contribution in [2.45, 2.75) is 24.0 Å². The van der Waals surface area contributed by atoms with Gasteiger partial charge in [-0.3, -0.25) is 0 Å². The molecule has 0 unspecified atom stereocenters. The van der Waals surface area contributed by atoms with E-state index in [-0.39, 0.29) is 0 Å². The summed E-state index contributed by atoms with van der Waals surface area (Å²) in [4.78, 5) is 0. The van der Waals surface area contributed by atoms with Crippen molar-refractivity contribution in [3.05, 3.63) is 82.2 Å². The molecule has 1 aromatic heterocycles. The summed E-state index contributed by atoms with van der Waals surface area (Å²) in [5, 5.41) is 12.2. The average molecular weight is 431 g/mol. The molecule has 1 heterocycles. The number of benzene rings is 3. The molecule has 4 aromatic rings. The molecule has 0 N–H and O–H groups in total. The molecule has 0 fully saturated rings. The molecular weight excluding hydrogens is 415 g/mol. The van der Waals surface area contributed by atoms with Gasteiger partial charge in [-0.1, -0.05) is 77.4 Å². The molecular formula is C21H16Cl2N2O2S. The number of thioether (sulfide) groups is 1. The molecule has 7 heteroatoms. The second kappa shape index (κ2) is 8.43. The van der Waals surface area contributed by atoms with Crippen molar-refractivity contribution in [3.63, 3.8) is 0 Å². The van der Waals surface area contributed by atoms with Crippen molar-refractivity contribution in [1.29, 1.82) is 0 Å². The summed E-state index contributed by atoms with van der Waals surface area (Å²) in [7, 11) is 0. The van der Waals surface area contributed by atoms with Gasteiger partial charge >= 0.3 is 0 Å². The number of rotatable bonds is 6. The summed E-state index contributed by atoms with van der Waals surface area (Å²) in [5.41, 5.74) is 1.22. The number of hydrogen-bond donors (Lipinski definition) is 0. The van der Waals surface area contributed by atoms with Gasteiger partial charge in [0.2, 0.25) is 0 Å². The Morgan fingerprint density at radius 3 is 2.71 bits per heavy atom. The quantitative estimate of drug-likeness (QED) is 0.309. The number of halogens is 2. The van der Waals surface area contributed by atoms with Crippen LogP contribution in [0.5, 0.6) is 5.75 Å². The van der Waals surface area contributed by atoms with Crippen LogP contribution in [0, 0.1) is 0 Å².